The third kappa shape index (κ3) is 3.85. The maximum Gasteiger partial charge on any atom is 0.272 e. The fourth-order valence-corrected chi connectivity index (χ4v) is 2.43. The number of hydrogen-bond donors (Lipinski definition) is 2. The van der Waals surface area contributed by atoms with Gasteiger partial charge >= 0.3 is 0 Å². The molecule has 0 radical (unpaired) electrons. The van der Waals surface area contributed by atoms with E-state index in [4.69, 9.17) is 23.2 Å². The number of rotatable bonds is 5. The topological polar surface area (TPSA) is 75.4 Å². The van der Waals surface area contributed by atoms with Crippen LogP contribution in [0.3, 0.4) is 0 Å². The number of benzene rings is 2. The maximum absolute atomic E-state index is 10.7. The number of nitrogens with one attached hydrogen (secondary N) is 1. The summed E-state index contributed by atoms with van der Waals surface area (Å²) in [6.45, 7) is 0.182. The quantitative estimate of drug-likeness (QED) is 0.642. The fraction of sp³-hybridized carbons (Fsp3) is 0.143. The van der Waals surface area contributed by atoms with Crippen molar-refractivity contribution >= 4 is 34.6 Å². The summed E-state index contributed by atoms with van der Waals surface area (Å²) in [6, 6.07) is 11.5. The Hall–Kier alpha value is -1.82. The van der Waals surface area contributed by atoms with Crippen molar-refractivity contribution in [1.29, 1.82) is 0 Å². The van der Waals surface area contributed by atoms with E-state index in [2.05, 4.69) is 5.32 Å². The molecular weight excluding hydrogens is 315 g/mol. The van der Waals surface area contributed by atoms with Crippen LogP contribution in [0.2, 0.25) is 10.0 Å². The lowest BCUT2D eigenvalue weighted by atomic mass is 10.1. The molecule has 1 unspecified atom stereocenters. The first kappa shape index (κ1) is 15.6. The van der Waals surface area contributed by atoms with Crippen molar-refractivity contribution in [2.75, 3.05) is 11.9 Å². The predicted molar refractivity (Wildman–Crippen MR) is 83.0 cm³/mol. The summed E-state index contributed by atoms with van der Waals surface area (Å²) in [7, 11) is 0. The molecule has 0 amide bonds. The number of nitrogens with zero attached hydrogens (tertiary/aromatic N) is 1. The highest BCUT2D eigenvalue weighted by atomic mass is 35.5. The minimum atomic E-state index is -0.742. The average molecular weight is 327 g/mol. The Kier molecular flexibility index (Phi) is 5.01. The van der Waals surface area contributed by atoms with E-state index in [-0.39, 0.29) is 22.3 Å². The van der Waals surface area contributed by atoms with Crippen molar-refractivity contribution in [1.82, 2.24) is 0 Å². The Bertz CT molecular complexity index is 627. The standard InChI is InChI=1S/C14H12Cl2N2O3/c15-11-6-10(18(20)21)7-12(16)14(11)17-8-13(19)9-4-2-1-3-5-9/h1-7,13,17,19H,8H2. The van der Waals surface area contributed by atoms with Gasteiger partial charge in [0.1, 0.15) is 0 Å². The van der Waals surface area contributed by atoms with Crippen molar-refractivity contribution in [2.24, 2.45) is 0 Å². The number of non-ortho nitro benzene ring substituents is 1. The van der Waals surface area contributed by atoms with Crippen molar-refractivity contribution in [3.8, 4) is 0 Å². The van der Waals surface area contributed by atoms with E-state index in [0.717, 1.165) is 5.56 Å². The fourth-order valence-electron chi connectivity index (χ4n) is 1.83. The molecule has 2 aromatic carbocycles. The smallest absolute Gasteiger partial charge is 0.272 e. The van der Waals surface area contributed by atoms with Crippen LogP contribution in [-0.4, -0.2) is 16.6 Å². The molecule has 2 N–H and O–H groups in total. The Morgan fingerprint density at radius 2 is 1.76 bits per heavy atom. The average Bonchev–Trinajstić information content (AvgIpc) is 2.46. The van der Waals surface area contributed by atoms with Gasteiger partial charge in [-0.05, 0) is 5.56 Å². The summed E-state index contributed by atoms with van der Waals surface area (Å²) < 4.78 is 0. The summed E-state index contributed by atoms with van der Waals surface area (Å²) in [4.78, 5) is 10.1. The van der Waals surface area contributed by atoms with Crippen molar-refractivity contribution in [3.63, 3.8) is 0 Å². The minimum absolute atomic E-state index is 0.134. The van der Waals surface area contributed by atoms with Crippen LogP contribution >= 0.6 is 23.2 Å². The highest BCUT2D eigenvalue weighted by Gasteiger charge is 2.15. The van der Waals surface area contributed by atoms with Crippen molar-refractivity contribution in [3.05, 3.63) is 68.2 Å². The number of hydrogen-bond acceptors (Lipinski definition) is 4. The van der Waals surface area contributed by atoms with Crippen LogP contribution < -0.4 is 5.32 Å². The number of nitro groups is 1. The van der Waals surface area contributed by atoms with Gasteiger partial charge in [-0.1, -0.05) is 53.5 Å². The van der Waals surface area contributed by atoms with Gasteiger partial charge in [0.25, 0.3) is 5.69 Å². The molecule has 0 aliphatic carbocycles. The van der Waals surface area contributed by atoms with Crippen LogP contribution in [0, 0.1) is 10.1 Å². The Morgan fingerprint density at radius 1 is 1.19 bits per heavy atom. The number of anilines is 1. The summed E-state index contributed by atoms with van der Waals surface area (Å²) in [5.41, 5.74) is 0.928. The SMILES string of the molecule is O=[N+]([O-])c1cc(Cl)c(NCC(O)c2ccccc2)c(Cl)c1. The van der Waals surface area contributed by atoms with Gasteiger partial charge < -0.3 is 10.4 Å². The van der Waals surface area contributed by atoms with Gasteiger partial charge in [-0.2, -0.15) is 0 Å². The lowest BCUT2D eigenvalue weighted by molar-refractivity contribution is -0.384. The molecule has 21 heavy (non-hydrogen) atoms. The molecule has 2 rings (SSSR count). The lowest BCUT2D eigenvalue weighted by Crippen LogP contribution is -2.12. The van der Waals surface area contributed by atoms with Crippen molar-refractivity contribution in [2.45, 2.75) is 6.10 Å². The predicted octanol–water partition coefficient (Wildman–Crippen LogP) is 4.05. The molecule has 0 heterocycles. The molecule has 0 spiro atoms. The van der Waals surface area contributed by atoms with Crippen LogP contribution in [-0.2, 0) is 0 Å². The van der Waals surface area contributed by atoms with Gasteiger partial charge in [-0.15, -0.1) is 0 Å². The number of aliphatic hydroxyl groups is 1. The number of aliphatic hydroxyl groups excluding tert-OH is 1. The van der Waals surface area contributed by atoms with E-state index in [9.17, 15) is 15.2 Å². The minimum Gasteiger partial charge on any atom is -0.387 e. The molecular formula is C14H12Cl2N2O3. The third-order valence-corrected chi connectivity index (χ3v) is 3.49. The van der Waals surface area contributed by atoms with Crippen LogP contribution in [0.5, 0.6) is 0 Å². The molecule has 2 aromatic rings. The lowest BCUT2D eigenvalue weighted by Gasteiger charge is -2.15. The highest BCUT2D eigenvalue weighted by molar-refractivity contribution is 6.39. The Morgan fingerprint density at radius 3 is 2.29 bits per heavy atom. The molecule has 1 atom stereocenters. The molecule has 0 aliphatic heterocycles. The molecule has 0 aliphatic rings. The van der Waals surface area contributed by atoms with E-state index in [1.165, 1.54) is 12.1 Å². The second-order valence-electron chi connectivity index (χ2n) is 4.35. The van der Waals surface area contributed by atoms with E-state index in [0.29, 0.717) is 5.69 Å². The molecule has 0 fully saturated rings. The van der Waals surface area contributed by atoms with Gasteiger partial charge in [0.05, 0.1) is 26.8 Å². The highest BCUT2D eigenvalue weighted by Crippen LogP contribution is 2.35. The van der Waals surface area contributed by atoms with Gasteiger partial charge in [0.15, 0.2) is 0 Å². The molecule has 5 nitrogen and oxygen atoms in total. The summed E-state index contributed by atoms with van der Waals surface area (Å²) in [5.74, 6) is 0. The summed E-state index contributed by atoms with van der Waals surface area (Å²) >= 11 is 12.0. The molecule has 0 saturated heterocycles. The van der Waals surface area contributed by atoms with E-state index < -0.39 is 11.0 Å². The molecule has 0 bridgehead atoms. The van der Waals surface area contributed by atoms with Crippen LogP contribution in [0.1, 0.15) is 11.7 Å². The van der Waals surface area contributed by atoms with Gasteiger partial charge in [-0.3, -0.25) is 10.1 Å². The van der Waals surface area contributed by atoms with E-state index >= 15 is 0 Å². The van der Waals surface area contributed by atoms with Crippen LogP contribution in [0.25, 0.3) is 0 Å². The van der Waals surface area contributed by atoms with Gasteiger partial charge in [0, 0.05) is 18.7 Å². The zero-order valence-electron chi connectivity index (χ0n) is 10.8. The Labute approximate surface area is 131 Å². The molecule has 7 heteroatoms. The van der Waals surface area contributed by atoms with Crippen molar-refractivity contribution < 1.29 is 10.0 Å². The summed E-state index contributed by atoms with van der Waals surface area (Å²) in [5, 5.41) is 23.9. The zero-order valence-corrected chi connectivity index (χ0v) is 12.3. The second-order valence-corrected chi connectivity index (χ2v) is 5.16. The van der Waals surface area contributed by atoms with Gasteiger partial charge in [0.2, 0.25) is 0 Å². The zero-order chi connectivity index (χ0) is 15.4. The first-order chi connectivity index (χ1) is 9.99. The second kappa shape index (κ2) is 6.76. The normalized spacial score (nSPS) is 12.0. The number of nitro benzene ring substituents is 1. The molecule has 0 saturated carbocycles. The van der Waals surface area contributed by atoms with Crippen LogP contribution in [0.15, 0.2) is 42.5 Å². The monoisotopic (exact) mass is 326 g/mol. The Balaban J connectivity index is 2.12. The largest absolute Gasteiger partial charge is 0.387 e. The molecule has 110 valence electrons. The number of halogens is 2. The first-order valence-corrected chi connectivity index (χ1v) is 6.85. The third-order valence-electron chi connectivity index (χ3n) is 2.89. The summed E-state index contributed by atoms with van der Waals surface area (Å²) in [6.07, 6.45) is -0.742. The van der Waals surface area contributed by atoms with E-state index in [1.54, 1.807) is 12.1 Å². The first-order valence-electron chi connectivity index (χ1n) is 6.09. The van der Waals surface area contributed by atoms with E-state index in [1.807, 2.05) is 18.2 Å². The maximum atomic E-state index is 10.7. The molecule has 0 aromatic heterocycles. The van der Waals surface area contributed by atoms with Gasteiger partial charge in [-0.25, -0.2) is 0 Å². The van der Waals surface area contributed by atoms with Crippen LogP contribution in [0.4, 0.5) is 11.4 Å².